The molecule has 626 valence electrons. The standard InChI is InChI=1S/C90H156N4O15/c1-10-16-22-46-58-82(107-88(98)104-79-52-19-13-4)61-49-40-34-28-25-31-37-43-55-76-101-85(95)64-67-91(7)70-73-94(74-71-92(8)68-65-86(96)102-77-56-44-38-32-26-29-35-41-50-62-83(59-47-23-17-11-2)108-89(99)105-80-53-20-14-5)75-72-93(9)69-66-87(97)103-78-57-45-39-33-27-30-36-42-51-63-84(60-48-24-18-12-3)109-90(100)106-81-54-21-15-6/h40-42,49-51,82-84H,10-18,22-39,43-48,55-81H2,1-9H3/b49-40-,50-41-,51-42-. The van der Waals surface area contributed by atoms with Gasteiger partial charge in [0.25, 0.3) is 0 Å². The Balaban J connectivity index is 5.01. The Morgan fingerprint density at radius 2 is 0.541 bits per heavy atom. The lowest BCUT2D eigenvalue weighted by Gasteiger charge is -2.29. The summed E-state index contributed by atoms with van der Waals surface area (Å²) >= 11 is 0. The fraction of sp³-hybridized carbons (Fsp3) is 0.800. The van der Waals surface area contributed by atoms with E-state index in [2.05, 4.69) is 112 Å². The van der Waals surface area contributed by atoms with E-state index in [-0.39, 0.29) is 56.0 Å². The number of ether oxygens (including phenoxy) is 9. The first kappa shape index (κ1) is 103. The molecule has 3 unspecified atom stereocenters. The minimum atomic E-state index is -0.642. The molecule has 0 rings (SSSR count). The van der Waals surface area contributed by atoms with Gasteiger partial charge in [-0.05, 0) is 117 Å². The average molecular weight is 1530 g/mol. The molecule has 0 radical (unpaired) electrons. The van der Waals surface area contributed by atoms with Crippen molar-refractivity contribution < 1.29 is 71.4 Å². The highest BCUT2D eigenvalue weighted by atomic mass is 16.7. The van der Waals surface area contributed by atoms with E-state index in [1.165, 1.54) is 19.3 Å². The minimum absolute atomic E-state index is 0.0589. The molecule has 19 nitrogen and oxygen atoms in total. The summed E-state index contributed by atoms with van der Waals surface area (Å²) in [6, 6.07) is 0. The molecule has 0 spiro atoms. The van der Waals surface area contributed by atoms with Crippen LogP contribution in [0.5, 0.6) is 0 Å². The van der Waals surface area contributed by atoms with E-state index < -0.39 is 18.5 Å². The van der Waals surface area contributed by atoms with Crippen LogP contribution in [-0.4, -0.2) is 194 Å². The van der Waals surface area contributed by atoms with Crippen molar-refractivity contribution in [3.8, 4) is 35.5 Å². The molecular weight excluding hydrogens is 1380 g/mol. The molecule has 0 aliphatic carbocycles. The molecule has 0 aliphatic heterocycles. The van der Waals surface area contributed by atoms with E-state index in [0.717, 1.165) is 270 Å². The maximum absolute atomic E-state index is 12.8. The van der Waals surface area contributed by atoms with Crippen molar-refractivity contribution in [2.75, 3.05) is 120 Å². The van der Waals surface area contributed by atoms with Crippen molar-refractivity contribution in [1.82, 2.24) is 19.6 Å². The smallest absolute Gasteiger partial charge is 0.466 e. The van der Waals surface area contributed by atoms with Crippen molar-refractivity contribution in [1.29, 1.82) is 0 Å². The molecule has 3 atom stereocenters. The third-order valence-electron chi connectivity index (χ3n) is 18.9. The molecular formula is C90H156N4O15. The first-order valence-electron chi connectivity index (χ1n) is 43.3. The molecule has 0 N–H and O–H groups in total. The van der Waals surface area contributed by atoms with E-state index >= 15 is 0 Å². The molecule has 0 aliphatic rings. The summed E-state index contributed by atoms with van der Waals surface area (Å²) in [5, 5.41) is 0. The summed E-state index contributed by atoms with van der Waals surface area (Å²) in [5.74, 6) is 16.7. The highest BCUT2D eigenvalue weighted by molar-refractivity contribution is 5.70. The third kappa shape index (κ3) is 74.5. The van der Waals surface area contributed by atoms with E-state index in [1.807, 2.05) is 41.9 Å². The highest BCUT2D eigenvalue weighted by Gasteiger charge is 2.19. The Hall–Kier alpha value is -6.04. The van der Waals surface area contributed by atoms with Crippen LogP contribution in [0.3, 0.4) is 0 Å². The van der Waals surface area contributed by atoms with Gasteiger partial charge in [-0.1, -0.05) is 231 Å². The third-order valence-corrected chi connectivity index (χ3v) is 18.9. The van der Waals surface area contributed by atoms with Crippen LogP contribution in [0.4, 0.5) is 14.4 Å². The van der Waals surface area contributed by atoms with Gasteiger partial charge in [0.1, 0.15) is 18.3 Å². The lowest BCUT2D eigenvalue weighted by molar-refractivity contribution is -0.145. The molecule has 0 aromatic heterocycles. The number of hydrogen-bond donors (Lipinski definition) is 0. The van der Waals surface area contributed by atoms with Gasteiger partial charge in [0.05, 0.1) is 39.1 Å². The van der Waals surface area contributed by atoms with E-state index in [0.29, 0.717) is 78.0 Å². The van der Waals surface area contributed by atoms with E-state index in [9.17, 15) is 28.8 Å². The quantitative estimate of drug-likeness (QED) is 0.0183. The molecule has 0 fully saturated rings. The first-order chi connectivity index (χ1) is 53.2. The molecule has 0 saturated heterocycles. The minimum Gasteiger partial charge on any atom is -0.466 e. The number of carbonyl (C=O) groups excluding carboxylic acids is 6. The number of unbranched alkanes of at least 4 members (excludes halogenated alkanes) is 27. The van der Waals surface area contributed by atoms with Crippen LogP contribution < -0.4 is 0 Å². The van der Waals surface area contributed by atoms with Crippen LogP contribution in [0.15, 0.2) is 36.5 Å². The van der Waals surface area contributed by atoms with Crippen molar-refractivity contribution in [2.45, 2.75) is 349 Å². The van der Waals surface area contributed by atoms with E-state index in [4.69, 9.17) is 42.6 Å². The Morgan fingerprint density at radius 1 is 0.284 bits per heavy atom. The van der Waals surface area contributed by atoms with E-state index in [1.54, 1.807) is 0 Å². The topological polar surface area (TPSA) is 198 Å². The van der Waals surface area contributed by atoms with Crippen LogP contribution in [-0.2, 0) is 57.0 Å². The van der Waals surface area contributed by atoms with Gasteiger partial charge in [0.2, 0.25) is 0 Å². The lowest BCUT2D eigenvalue weighted by Crippen LogP contribution is -2.42. The zero-order valence-electron chi connectivity index (χ0n) is 70.5. The molecule has 0 saturated carbocycles. The van der Waals surface area contributed by atoms with Crippen LogP contribution in [0.2, 0.25) is 0 Å². The van der Waals surface area contributed by atoms with Gasteiger partial charge in [0.15, 0.2) is 19.8 Å². The number of likely N-dealkylation sites (N-methyl/N-ethyl adjacent to an activating group) is 3. The summed E-state index contributed by atoms with van der Waals surface area (Å²) in [7, 11) is 6.14. The molecule has 0 aromatic rings. The molecule has 0 amide bonds. The number of rotatable bonds is 72. The monoisotopic (exact) mass is 1530 g/mol. The van der Waals surface area contributed by atoms with Gasteiger partial charge in [0, 0.05) is 97.4 Å². The number of allylic oxidation sites excluding steroid dienone is 3. The summed E-state index contributed by atoms with van der Waals surface area (Å²) in [5.41, 5.74) is 0. The van der Waals surface area contributed by atoms with Crippen molar-refractivity contribution in [2.24, 2.45) is 0 Å². The van der Waals surface area contributed by atoms with Gasteiger partial charge in [-0.15, -0.1) is 17.8 Å². The molecule has 0 heterocycles. The maximum Gasteiger partial charge on any atom is 0.509 e. The maximum atomic E-state index is 12.8. The molecule has 0 bridgehead atoms. The fourth-order valence-corrected chi connectivity index (χ4v) is 11.9. The fourth-order valence-electron chi connectivity index (χ4n) is 11.9. The summed E-state index contributed by atoms with van der Waals surface area (Å²) < 4.78 is 49.3. The zero-order chi connectivity index (χ0) is 79.8. The Kier molecular flexibility index (Phi) is 75.6. The van der Waals surface area contributed by atoms with Crippen LogP contribution in [0, 0.1) is 35.5 Å². The zero-order valence-corrected chi connectivity index (χ0v) is 70.5. The highest BCUT2D eigenvalue weighted by Crippen LogP contribution is 2.19. The predicted octanol–water partition coefficient (Wildman–Crippen LogP) is 20.6. The lowest BCUT2D eigenvalue weighted by atomic mass is 10.1. The number of esters is 3. The molecule has 19 heteroatoms. The van der Waals surface area contributed by atoms with Crippen molar-refractivity contribution in [3.05, 3.63) is 36.5 Å². The Morgan fingerprint density at radius 3 is 0.807 bits per heavy atom. The Labute approximate surface area is 664 Å². The van der Waals surface area contributed by atoms with Gasteiger partial charge in [-0.3, -0.25) is 19.3 Å². The Bertz CT molecular complexity index is 2230. The largest absolute Gasteiger partial charge is 0.509 e. The second-order valence-corrected chi connectivity index (χ2v) is 29.0. The summed E-state index contributed by atoms with van der Waals surface area (Å²) in [6.45, 7) is 20.4. The summed E-state index contributed by atoms with van der Waals surface area (Å²) in [6.07, 6.45) is 53.8. The van der Waals surface area contributed by atoms with Gasteiger partial charge >= 0.3 is 36.4 Å². The SMILES string of the molecule is CCC#CCOC(=O)OC(C/C=C\CCCCCCCCOC(=O)CCN(C)CCN(CCN(C)CCC(=O)OCCCCCCCC/C=C\CC(CCCCCC)OC(=O)OCC#CCC)CCN(C)CCC(=O)OCCCCCCCC/C=C\CC(CCCCCC)OC(=O)OCC#CCC)CCCCCC. The normalized spacial score (nSPS) is 12.2. The average Bonchev–Trinajstić information content (AvgIpc) is 0.967. The van der Waals surface area contributed by atoms with Crippen molar-refractivity contribution >= 4 is 36.4 Å². The van der Waals surface area contributed by atoms with Crippen LogP contribution in [0.25, 0.3) is 0 Å². The number of hydrogen-bond acceptors (Lipinski definition) is 19. The number of carbonyl (C=O) groups is 6. The first-order valence-corrected chi connectivity index (χ1v) is 43.3. The second-order valence-electron chi connectivity index (χ2n) is 29.0. The second kappa shape index (κ2) is 80.0. The molecule has 109 heavy (non-hydrogen) atoms. The van der Waals surface area contributed by atoms with Gasteiger partial charge in [-0.25, -0.2) is 14.4 Å². The summed E-state index contributed by atoms with van der Waals surface area (Å²) in [4.78, 5) is 84.2. The van der Waals surface area contributed by atoms with Gasteiger partial charge < -0.3 is 57.3 Å². The number of nitrogens with zero attached hydrogens (tertiary/aromatic N) is 4. The van der Waals surface area contributed by atoms with Crippen LogP contribution >= 0.6 is 0 Å². The van der Waals surface area contributed by atoms with Crippen molar-refractivity contribution in [3.63, 3.8) is 0 Å². The van der Waals surface area contributed by atoms with Crippen LogP contribution in [0.1, 0.15) is 330 Å². The molecule has 0 aromatic carbocycles. The predicted molar refractivity (Wildman–Crippen MR) is 443 cm³/mol. The van der Waals surface area contributed by atoms with Gasteiger partial charge in [-0.2, -0.15) is 0 Å².